The van der Waals surface area contributed by atoms with E-state index in [0.29, 0.717) is 37.4 Å². The number of benzene rings is 1. The molecule has 0 bridgehead atoms. The van der Waals surface area contributed by atoms with Gasteiger partial charge in [-0.2, -0.15) is 5.26 Å². The maximum Gasteiger partial charge on any atom is 0.410 e. The van der Waals surface area contributed by atoms with Crippen molar-refractivity contribution in [1.82, 2.24) is 10.2 Å². The summed E-state index contributed by atoms with van der Waals surface area (Å²) in [5, 5.41) is 12.5. The Hall–Kier alpha value is -2.26. The molecule has 26 heavy (non-hydrogen) atoms. The fraction of sp³-hybridized carbons (Fsp3) is 0.526. The summed E-state index contributed by atoms with van der Waals surface area (Å²) in [7, 11) is 0. The molecule has 1 fully saturated rings. The van der Waals surface area contributed by atoms with Gasteiger partial charge in [0.1, 0.15) is 11.1 Å². The number of carbonyl (C=O) groups is 2. The van der Waals surface area contributed by atoms with Gasteiger partial charge in [0.15, 0.2) is 0 Å². The molecule has 1 N–H and O–H groups in total. The van der Waals surface area contributed by atoms with Crippen molar-refractivity contribution in [2.75, 3.05) is 13.1 Å². The van der Waals surface area contributed by atoms with Crippen LogP contribution in [0.4, 0.5) is 4.79 Å². The number of piperidine rings is 1. The highest BCUT2D eigenvalue weighted by Gasteiger charge is 2.38. The number of hydrogen-bond donors (Lipinski definition) is 1. The van der Waals surface area contributed by atoms with Gasteiger partial charge in [0.25, 0.3) is 5.91 Å². The second-order valence-corrected chi connectivity index (χ2v) is 7.72. The summed E-state index contributed by atoms with van der Waals surface area (Å²) in [6.45, 7) is 6.13. The van der Waals surface area contributed by atoms with Crippen LogP contribution in [-0.4, -0.2) is 41.1 Å². The SMILES string of the molecule is CC(C)(C)OC(=O)N1CCC(C#N)(NC(=O)c2cccc(CCl)c2)CC1. The van der Waals surface area contributed by atoms with E-state index >= 15 is 0 Å². The maximum atomic E-state index is 12.5. The van der Waals surface area contributed by atoms with Gasteiger partial charge in [-0.1, -0.05) is 12.1 Å². The van der Waals surface area contributed by atoms with E-state index < -0.39 is 17.2 Å². The number of amides is 2. The van der Waals surface area contributed by atoms with Crippen LogP contribution in [0.1, 0.15) is 49.5 Å². The molecule has 1 aliphatic rings. The van der Waals surface area contributed by atoms with Crippen molar-refractivity contribution >= 4 is 23.6 Å². The molecule has 0 saturated carbocycles. The van der Waals surface area contributed by atoms with Gasteiger partial charge in [-0.05, 0) is 38.5 Å². The van der Waals surface area contributed by atoms with Crippen LogP contribution in [0.3, 0.4) is 0 Å². The van der Waals surface area contributed by atoms with Crippen LogP contribution in [0, 0.1) is 11.3 Å². The molecular weight excluding hydrogens is 354 g/mol. The van der Waals surface area contributed by atoms with Crippen molar-refractivity contribution in [3.05, 3.63) is 35.4 Å². The number of nitrogens with zero attached hydrogens (tertiary/aromatic N) is 2. The Bertz CT molecular complexity index is 713. The molecule has 1 saturated heterocycles. The lowest BCUT2D eigenvalue weighted by atomic mass is 9.88. The number of alkyl halides is 1. The van der Waals surface area contributed by atoms with Gasteiger partial charge >= 0.3 is 6.09 Å². The highest BCUT2D eigenvalue weighted by atomic mass is 35.5. The number of carbonyl (C=O) groups excluding carboxylic acids is 2. The van der Waals surface area contributed by atoms with Gasteiger partial charge in [0.2, 0.25) is 0 Å². The van der Waals surface area contributed by atoms with Crippen LogP contribution in [0.2, 0.25) is 0 Å². The fourth-order valence-corrected chi connectivity index (χ4v) is 2.91. The zero-order valence-corrected chi connectivity index (χ0v) is 16.1. The Morgan fingerprint density at radius 3 is 2.54 bits per heavy atom. The van der Waals surface area contributed by atoms with Crippen LogP contribution in [0.25, 0.3) is 0 Å². The van der Waals surface area contributed by atoms with Crippen molar-refractivity contribution < 1.29 is 14.3 Å². The van der Waals surface area contributed by atoms with Crippen molar-refractivity contribution in [3.8, 4) is 6.07 Å². The van der Waals surface area contributed by atoms with Crippen molar-refractivity contribution in [1.29, 1.82) is 5.26 Å². The summed E-state index contributed by atoms with van der Waals surface area (Å²) >= 11 is 5.81. The minimum Gasteiger partial charge on any atom is -0.444 e. The highest BCUT2D eigenvalue weighted by Crippen LogP contribution is 2.24. The molecule has 0 atom stereocenters. The number of nitrogens with one attached hydrogen (secondary N) is 1. The lowest BCUT2D eigenvalue weighted by Gasteiger charge is -2.38. The molecule has 1 aromatic rings. The predicted octanol–water partition coefficient (Wildman–Crippen LogP) is 3.45. The molecular formula is C19H24ClN3O3. The molecule has 0 radical (unpaired) electrons. The molecule has 7 heteroatoms. The highest BCUT2D eigenvalue weighted by molar-refractivity contribution is 6.17. The Kier molecular flexibility index (Phi) is 6.14. The number of halogens is 1. The van der Waals surface area contributed by atoms with E-state index in [-0.39, 0.29) is 5.91 Å². The molecule has 2 amide bonds. The van der Waals surface area contributed by atoms with E-state index in [1.807, 2.05) is 26.8 Å². The molecule has 2 rings (SSSR count). The van der Waals surface area contributed by atoms with Crippen LogP contribution < -0.4 is 5.32 Å². The molecule has 1 aliphatic heterocycles. The average Bonchev–Trinajstić information content (AvgIpc) is 2.60. The van der Waals surface area contributed by atoms with Crippen LogP contribution in [-0.2, 0) is 10.6 Å². The van der Waals surface area contributed by atoms with Crippen molar-refractivity contribution in [2.45, 2.75) is 50.6 Å². The first-order chi connectivity index (χ1) is 12.2. The number of hydrogen-bond acceptors (Lipinski definition) is 4. The Morgan fingerprint density at radius 2 is 2.00 bits per heavy atom. The van der Waals surface area contributed by atoms with Gasteiger partial charge in [-0.15, -0.1) is 11.6 Å². The second kappa shape index (κ2) is 7.96. The summed E-state index contributed by atoms with van der Waals surface area (Å²) in [4.78, 5) is 26.3. The lowest BCUT2D eigenvalue weighted by molar-refractivity contribution is 0.0177. The van der Waals surface area contributed by atoms with Crippen LogP contribution >= 0.6 is 11.6 Å². The molecule has 1 aromatic carbocycles. The lowest BCUT2D eigenvalue weighted by Crippen LogP contribution is -2.55. The first-order valence-electron chi connectivity index (χ1n) is 8.55. The zero-order chi connectivity index (χ0) is 19.4. The summed E-state index contributed by atoms with van der Waals surface area (Å²) in [6, 6.07) is 9.21. The van der Waals surface area contributed by atoms with Gasteiger partial charge in [0.05, 0.1) is 6.07 Å². The first kappa shape index (κ1) is 20.1. The first-order valence-corrected chi connectivity index (χ1v) is 9.08. The molecule has 0 aliphatic carbocycles. The quantitative estimate of drug-likeness (QED) is 0.818. The third-order valence-corrected chi connectivity index (χ3v) is 4.49. The van der Waals surface area contributed by atoms with E-state index in [9.17, 15) is 14.9 Å². The molecule has 0 aromatic heterocycles. The van der Waals surface area contributed by atoms with E-state index in [0.717, 1.165) is 5.56 Å². The number of likely N-dealkylation sites (tertiary alicyclic amines) is 1. The van der Waals surface area contributed by atoms with Gasteiger partial charge < -0.3 is 15.0 Å². The van der Waals surface area contributed by atoms with E-state index in [4.69, 9.17) is 16.3 Å². The molecule has 0 unspecified atom stereocenters. The molecule has 140 valence electrons. The third kappa shape index (κ3) is 5.12. The van der Waals surface area contributed by atoms with E-state index in [2.05, 4.69) is 11.4 Å². The van der Waals surface area contributed by atoms with E-state index in [1.165, 1.54) is 0 Å². The number of ether oxygens (including phenoxy) is 1. The standard InChI is InChI=1S/C19H24ClN3O3/c1-18(2,3)26-17(25)23-9-7-19(13-21,8-10-23)22-16(24)15-6-4-5-14(11-15)12-20/h4-6,11H,7-10,12H2,1-3H3,(H,22,24). The Labute approximate surface area is 159 Å². The Morgan fingerprint density at radius 1 is 1.35 bits per heavy atom. The van der Waals surface area contributed by atoms with Crippen molar-refractivity contribution in [3.63, 3.8) is 0 Å². The molecule has 6 nitrogen and oxygen atoms in total. The Balaban J connectivity index is 2.01. The molecule has 0 spiro atoms. The van der Waals surface area contributed by atoms with Crippen LogP contribution in [0.5, 0.6) is 0 Å². The summed E-state index contributed by atoms with van der Waals surface area (Å²) in [5.74, 6) is -0.000681. The van der Waals surface area contributed by atoms with Crippen molar-refractivity contribution in [2.24, 2.45) is 0 Å². The average molecular weight is 378 g/mol. The number of rotatable bonds is 3. The van der Waals surface area contributed by atoms with Gasteiger partial charge in [-0.25, -0.2) is 4.79 Å². The van der Waals surface area contributed by atoms with Gasteiger partial charge in [-0.3, -0.25) is 4.79 Å². The third-order valence-electron chi connectivity index (χ3n) is 4.18. The predicted molar refractivity (Wildman–Crippen MR) is 98.9 cm³/mol. The summed E-state index contributed by atoms with van der Waals surface area (Å²) < 4.78 is 5.36. The largest absolute Gasteiger partial charge is 0.444 e. The molecule has 1 heterocycles. The zero-order valence-electron chi connectivity index (χ0n) is 15.3. The van der Waals surface area contributed by atoms with Gasteiger partial charge in [0, 0.05) is 37.4 Å². The fourth-order valence-electron chi connectivity index (χ4n) is 2.75. The normalized spacial score (nSPS) is 16.5. The topological polar surface area (TPSA) is 82.4 Å². The smallest absolute Gasteiger partial charge is 0.410 e. The monoisotopic (exact) mass is 377 g/mol. The number of nitriles is 1. The maximum absolute atomic E-state index is 12.5. The minimum atomic E-state index is -0.993. The van der Waals surface area contributed by atoms with Crippen LogP contribution in [0.15, 0.2) is 24.3 Å². The summed E-state index contributed by atoms with van der Waals surface area (Å²) in [5.41, 5.74) is -0.257. The minimum absolute atomic E-state index is 0.315. The summed E-state index contributed by atoms with van der Waals surface area (Å²) in [6.07, 6.45) is 0.304. The second-order valence-electron chi connectivity index (χ2n) is 7.45. The van der Waals surface area contributed by atoms with E-state index in [1.54, 1.807) is 23.1 Å².